The minimum absolute atomic E-state index is 0. The third kappa shape index (κ3) is 10.8. The number of halogens is 2. The normalized spacial score (nSPS) is 11.1. The summed E-state index contributed by atoms with van der Waals surface area (Å²) in [5.74, 6) is 0. The van der Waals surface area contributed by atoms with Crippen molar-refractivity contribution in [2.24, 2.45) is 0 Å². The van der Waals surface area contributed by atoms with Gasteiger partial charge in [0.2, 0.25) is 0 Å². The van der Waals surface area contributed by atoms with E-state index in [0.29, 0.717) is 5.41 Å². The summed E-state index contributed by atoms with van der Waals surface area (Å²) in [4.78, 5) is 0. The Morgan fingerprint density at radius 3 is 1.72 bits per heavy atom. The van der Waals surface area contributed by atoms with Gasteiger partial charge in [0.15, 0.2) is 0 Å². The standard InChI is InChI=1S/C17H17.C15H14.C12H19.2ClH.Zr/c1-10-5-14-9-15-6-11(2)13(4)8-17(15)16(14)7-12(10)3;1-12-3-7-14(8-4-12)11-15-9-5-13(2)6-10-15;1-5-6-10-7-8-11(9-10)12(2,3)4;;;/h5,7-8H,9H2,1-4H3;3-10H,1-2H3;7-9H,5-6H2,1-4H3;2*1H;/q-1;;-1;;;+2/p-2. The Bertz CT molecular complexity index is 1660. The fourth-order valence-corrected chi connectivity index (χ4v) is 6.48. The maximum Gasteiger partial charge on any atom is -1.00 e. The van der Waals surface area contributed by atoms with Crippen molar-refractivity contribution >= 4 is 3.21 Å². The maximum absolute atomic E-state index is 3.54. The van der Waals surface area contributed by atoms with E-state index >= 15 is 0 Å². The van der Waals surface area contributed by atoms with E-state index in [1.54, 1.807) is 0 Å². The van der Waals surface area contributed by atoms with Gasteiger partial charge in [0.05, 0.1) is 0 Å². The molecule has 3 heteroatoms. The molecule has 0 saturated carbocycles. The van der Waals surface area contributed by atoms with Crippen molar-refractivity contribution in [1.29, 1.82) is 0 Å². The summed E-state index contributed by atoms with van der Waals surface area (Å²) in [5.41, 5.74) is 19.6. The molecule has 5 aromatic carbocycles. The third-order valence-corrected chi connectivity index (χ3v) is 10.3. The van der Waals surface area contributed by atoms with Crippen LogP contribution in [0.3, 0.4) is 0 Å². The van der Waals surface area contributed by atoms with Crippen LogP contribution in [0.5, 0.6) is 0 Å². The molecule has 0 heterocycles. The van der Waals surface area contributed by atoms with Crippen LogP contribution in [0.2, 0.25) is 0 Å². The molecule has 0 bridgehead atoms. The SMILES string of the molecule is CCCc1cc(C(C)(C)C)c[cH-]1.Cc1[c-]c2c(cc1C)-c1cc(C)c(C)cc1C2.Cc1ccc([C](=[Zr+2])c2ccc(C)cc2)cc1.[Cl-].[Cl-]. The number of hydrogen-bond acceptors (Lipinski definition) is 0. The molecule has 0 N–H and O–H groups in total. The molecule has 246 valence electrons. The first-order valence-corrected chi connectivity index (χ1v) is 17.6. The molecular formula is C44H50Cl2Zr-2. The molecule has 0 fully saturated rings. The average molecular weight is 741 g/mol. The minimum Gasteiger partial charge on any atom is -1.00 e. The zero-order chi connectivity index (χ0) is 32.9. The van der Waals surface area contributed by atoms with E-state index in [4.69, 9.17) is 0 Å². The summed E-state index contributed by atoms with van der Waals surface area (Å²) in [5, 5.41) is 0. The van der Waals surface area contributed by atoms with E-state index in [0.717, 1.165) is 6.42 Å². The van der Waals surface area contributed by atoms with Crippen molar-refractivity contribution in [3.63, 3.8) is 0 Å². The Hall–Kier alpha value is -2.44. The van der Waals surface area contributed by atoms with E-state index in [2.05, 4.69) is 160 Å². The molecule has 0 aliphatic heterocycles. The van der Waals surface area contributed by atoms with Crippen molar-refractivity contribution in [2.75, 3.05) is 0 Å². The molecule has 0 saturated heterocycles. The van der Waals surface area contributed by atoms with E-state index < -0.39 is 0 Å². The topological polar surface area (TPSA) is 0 Å². The van der Waals surface area contributed by atoms with E-state index in [1.165, 1.54) is 118 Å². The van der Waals surface area contributed by atoms with Gasteiger partial charge in [0.25, 0.3) is 0 Å². The van der Waals surface area contributed by atoms with Crippen LogP contribution >= 0.6 is 0 Å². The van der Waals surface area contributed by atoms with Gasteiger partial charge in [-0.2, -0.15) is 46.5 Å². The monoisotopic (exact) mass is 738 g/mol. The average Bonchev–Trinajstić information content (AvgIpc) is 3.60. The molecule has 0 spiro atoms. The number of aryl methyl sites for hydroxylation is 7. The zero-order valence-corrected chi connectivity index (χ0v) is 33.9. The second-order valence-corrected chi connectivity index (χ2v) is 15.1. The van der Waals surface area contributed by atoms with E-state index in [1.807, 2.05) is 0 Å². The van der Waals surface area contributed by atoms with Gasteiger partial charge in [-0.1, -0.05) is 77.5 Å². The quantitative estimate of drug-likeness (QED) is 0.214. The van der Waals surface area contributed by atoms with Crippen molar-refractivity contribution in [3.8, 4) is 11.1 Å². The van der Waals surface area contributed by atoms with Crippen LogP contribution in [0, 0.1) is 47.6 Å². The number of rotatable bonds is 4. The molecule has 47 heavy (non-hydrogen) atoms. The first kappa shape index (κ1) is 40.7. The smallest absolute Gasteiger partial charge is 1.00 e. The van der Waals surface area contributed by atoms with Gasteiger partial charge in [0, 0.05) is 0 Å². The molecule has 0 amide bonds. The van der Waals surface area contributed by atoms with E-state index in [9.17, 15) is 0 Å². The van der Waals surface area contributed by atoms with Crippen LogP contribution in [-0.4, -0.2) is 3.21 Å². The second kappa shape index (κ2) is 17.8. The molecule has 0 nitrogen and oxygen atoms in total. The van der Waals surface area contributed by atoms with Crippen LogP contribution < -0.4 is 24.8 Å². The van der Waals surface area contributed by atoms with Gasteiger partial charge in [-0.15, -0.1) is 11.1 Å². The summed E-state index contributed by atoms with van der Waals surface area (Å²) in [6.45, 7) is 22.0. The first-order valence-electron chi connectivity index (χ1n) is 16.4. The summed E-state index contributed by atoms with van der Waals surface area (Å²) < 4.78 is 1.42. The molecule has 1 aliphatic rings. The number of benzene rings is 4. The van der Waals surface area contributed by atoms with Gasteiger partial charge >= 0.3 is 112 Å². The molecular weight excluding hydrogens is 691 g/mol. The van der Waals surface area contributed by atoms with Gasteiger partial charge < -0.3 is 24.8 Å². The number of hydrogen-bond donors (Lipinski definition) is 0. The van der Waals surface area contributed by atoms with Gasteiger partial charge in [-0.05, 0) is 37.0 Å². The van der Waals surface area contributed by atoms with Crippen molar-refractivity contribution < 1.29 is 49.0 Å². The Labute approximate surface area is 313 Å². The molecule has 6 rings (SSSR count). The van der Waals surface area contributed by atoms with Crippen molar-refractivity contribution in [2.45, 2.75) is 93.9 Å². The predicted molar refractivity (Wildman–Crippen MR) is 193 cm³/mol. The third-order valence-electron chi connectivity index (χ3n) is 8.90. The molecule has 0 atom stereocenters. The molecule has 0 radical (unpaired) electrons. The summed E-state index contributed by atoms with van der Waals surface area (Å²) in [6, 6.07) is 34.9. The van der Waals surface area contributed by atoms with Crippen LogP contribution in [0.15, 0.2) is 84.9 Å². The molecule has 0 aromatic heterocycles. The fourth-order valence-electron chi connectivity index (χ4n) is 5.66. The maximum atomic E-state index is 3.54. The molecule has 1 aliphatic carbocycles. The van der Waals surface area contributed by atoms with Crippen LogP contribution in [-0.2, 0) is 42.5 Å². The summed E-state index contributed by atoms with van der Waals surface area (Å²) in [6.07, 6.45) is 3.51. The van der Waals surface area contributed by atoms with Crippen LogP contribution in [0.1, 0.15) is 101 Å². The van der Waals surface area contributed by atoms with Crippen molar-refractivity contribution in [3.05, 3.63) is 158 Å². The van der Waals surface area contributed by atoms with Crippen LogP contribution in [0.4, 0.5) is 0 Å². The van der Waals surface area contributed by atoms with Gasteiger partial charge in [-0.25, -0.2) is 6.07 Å². The largest absolute Gasteiger partial charge is 1.00 e. The predicted octanol–water partition coefficient (Wildman–Crippen LogP) is 5.37. The van der Waals surface area contributed by atoms with Crippen molar-refractivity contribution in [1.82, 2.24) is 0 Å². The van der Waals surface area contributed by atoms with Gasteiger partial charge in [-0.3, -0.25) is 0 Å². The van der Waals surface area contributed by atoms with Gasteiger partial charge in [0.1, 0.15) is 0 Å². The van der Waals surface area contributed by atoms with Crippen LogP contribution in [0.25, 0.3) is 11.1 Å². The molecule has 0 unspecified atom stereocenters. The summed E-state index contributed by atoms with van der Waals surface area (Å²) >= 11 is 1.46. The first-order chi connectivity index (χ1) is 21.3. The zero-order valence-electron chi connectivity index (χ0n) is 30.0. The Morgan fingerprint density at radius 2 is 1.23 bits per heavy atom. The Balaban J connectivity index is 0.000000244. The fraction of sp³-hybridized carbons (Fsp3) is 0.318. The van der Waals surface area contributed by atoms with E-state index in [-0.39, 0.29) is 24.8 Å². The minimum atomic E-state index is 0. The Morgan fingerprint density at radius 1 is 0.723 bits per heavy atom. The summed E-state index contributed by atoms with van der Waals surface area (Å²) in [7, 11) is 0. The number of fused-ring (bicyclic) bond motifs is 3. The second-order valence-electron chi connectivity index (χ2n) is 13.9. The molecule has 5 aromatic rings. The Kier molecular flexibility index (Phi) is 15.4.